The number of phenols is 1. The van der Waals surface area contributed by atoms with E-state index in [0.717, 1.165) is 11.1 Å². The second kappa shape index (κ2) is 6.27. The third-order valence-electron chi connectivity index (χ3n) is 3.50. The summed E-state index contributed by atoms with van der Waals surface area (Å²) < 4.78 is 0. The minimum Gasteiger partial charge on any atom is -0.508 e. The Labute approximate surface area is 123 Å². The fraction of sp³-hybridized carbons (Fsp3) is 0.250. The first-order valence-corrected chi connectivity index (χ1v) is 6.73. The number of halogens is 1. The fourth-order valence-electron chi connectivity index (χ4n) is 2.32. The normalized spacial score (nSPS) is 11.6. The molecule has 0 unspecified atom stereocenters. The summed E-state index contributed by atoms with van der Waals surface area (Å²) in [5, 5.41) is 29.7. The van der Waals surface area contributed by atoms with E-state index in [4.69, 9.17) is 11.6 Å². The molecule has 0 bridgehead atoms. The first-order valence-electron chi connectivity index (χ1n) is 6.35. The van der Waals surface area contributed by atoms with Crippen LogP contribution in [0.1, 0.15) is 11.1 Å². The molecule has 4 heteroatoms. The molecule has 0 aliphatic carbocycles. The van der Waals surface area contributed by atoms with Crippen molar-refractivity contribution < 1.29 is 15.3 Å². The molecule has 0 aliphatic heterocycles. The van der Waals surface area contributed by atoms with E-state index < -0.39 is 5.41 Å². The van der Waals surface area contributed by atoms with E-state index in [-0.39, 0.29) is 19.0 Å². The number of benzene rings is 2. The maximum atomic E-state index is 9.79. The van der Waals surface area contributed by atoms with E-state index in [1.54, 1.807) is 36.4 Å². The molecule has 3 N–H and O–H groups in total. The summed E-state index contributed by atoms with van der Waals surface area (Å²) in [6, 6.07) is 13.9. The predicted octanol–water partition coefficient (Wildman–Crippen LogP) is 2.51. The molecule has 0 radical (unpaired) electrons. The quantitative estimate of drug-likeness (QED) is 0.793. The minimum absolute atomic E-state index is 0.165. The molecule has 3 nitrogen and oxygen atoms in total. The number of hydrogen-bond donors (Lipinski definition) is 3. The molecule has 0 saturated heterocycles. The van der Waals surface area contributed by atoms with Crippen LogP contribution in [-0.4, -0.2) is 28.5 Å². The molecule has 2 aromatic rings. The first-order chi connectivity index (χ1) is 9.59. The van der Waals surface area contributed by atoms with Gasteiger partial charge in [0.05, 0.1) is 13.2 Å². The molecular weight excluding hydrogens is 276 g/mol. The third kappa shape index (κ3) is 3.12. The Bertz CT molecular complexity index is 579. The SMILES string of the molecule is OCC(CO)(Cc1cccc(O)c1)c1cccc(Cl)c1. The van der Waals surface area contributed by atoms with Gasteiger partial charge in [0.15, 0.2) is 0 Å². The van der Waals surface area contributed by atoms with Crippen LogP contribution in [0, 0.1) is 0 Å². The van der Waals surface area contributed by atoms with E-state index in [9.17, 15) is 15.3 Å². The van der Waals surface area contributed by atoms with Gasteiger partial charge in [0.2, 0.25) is 0 Å². The number of rotatable bonds is 5. The van der Waals surface area contributed by atoms with Gasteiger partial charge in [-0.25, -0.2) is 0 Å². The number of aromatic hydroxyl groups is 1. The predicted molar refractivity (Wildman–Crippen MR) is 79.1 cm³/mol. The largest absolute Gasteiger partial charge is 0.508 e. The maximum absolute atomic E-state index is 9.79. The van der Waals surface area contributed by atoms with E-state index in [1.165, 1.54) is 0 Å². The molecule has 2 aromatic carbocycles. The summed E-state index contributed by atoms with van der Waals surface area (Å²) in [6.07, 6.45) is 0.411. The van der Waals surface area contributed by atoms with E-state index >= 15 is 0 Å². The molecule has 0 aromatic heterocycles. The van der Waals surface area contributed by atoms with E-state index in [2.05, 4.69) is 0 Å². The van der Waals surface area contributed by atoms with Gasteiger partial charge in [-0.2, -0.15) is 0 Å². The molecule has 0 spiro atoms. The zero-order valence-electron chi connectivity index (χ0n) is 11.0. The van der Waals surface area contributed by atoms with Crippen LogP contribution in [0.4, 0.5) is 0 Å². The van der Waals surface area contributed by atoms with Crippen LogP contribution in [0.5, 0.6) is 5.75 Å². The average molecular weight is 293 g/mol. The monoisotopic (exact) mass is 292 g/mol. The van der Waals surface area contributed by atoms with Crippen molar-refractivity contribution in [2.45, 2.75) is 11.8 Å². The Hall–Kier alpha value is -1.55. The van der Waals surface area contributed by atoms with Crippen LogP contribution in [0.25, 0.3) is 0 Å². The Morgan fingerprint density at radius 1 is 0.950 bits per heavy atom. The van der Waals surface area contributed by atoms with Gasteiger partial charge in [0, 0.05) is 10.4 Å². The Morgan fingerprint density at radius 2 is 1.65 bits per heavy atom. The molecule has 0 saturated carbocycles. The van der Waals surface area contributed by atoms with Crippen LogP contribution in [-0.2, 0) is 11.8 Å². The summed E-state index contributed by atoms with van der Waals surface area (Å²) in [5.74, 6) is 0.165. The first kappa shape index (κ1) is 14.9. The topological polar surface area (TPSA) is 60.7 Å². The van der Waals surface area contributed by atoms with Crippen LogP contribution < -0.4 is 0 Å². The molecule has 0 atom stereocenters. The zero-order chi connectivity index (χ0) is 14.6. The lowest BCUT2D eigenvalue weighted by Crippen LogP contribution is -2.37. The van der Waals surface area contributed by atoms with Gasteiger partial charge in [-0.05, 0) is 41.8 Å². The lowest BCUT2D eigenvalue weighted by atomic mass is 9.77. The molecule has 20 heavy (non-hydrogen) atoms. The van der Waals surface area contributed by atoms with Crippen molar-refractivity contribution in [3.05, 3.63) is 64.7 Å². The van der Waals surface area contributed by atoms with Crippen molar-refractivity contribution in [3.63, 3.8) is 0 Å². The number of aliphatic hydroxyl groups is 2. The van der Waals surface area contributed by atoms with Gasteiger partial charge in [-0.1, -0.05) is 35.9 Å². The van der Waals surface area contributed by atoms with E-state index in [1.807, 2.05) is 12.1 Å². The van der Waals surface area contributed by atoms with Gasteiger partial charge in [-0.3, -0.25) is 0 Å². The molecule has 2 rings (SSSR count). The van der Waals surface area contributed by atoms with Gasteiger partial charge >= 0.3 is 0 Å². The van der Waals surface area contributed by atoms with Gasteiger partial charge in [0.1, 0.15) is 5.75 Å². The minimum atomic E-state index is -0.821. The number of hydrogen-bond acceptors (Lipinski definition) is 3. The van der Waals surface area contributed by atoms with Crippen molar-refractivity contribution in [2.75, 3.05) is 13.2 Å². The highest BCUT2D eigenvalue weighted by Crippen LogP contribution is 2.30. The summed E-state index contributed by atoms with van der Waals surface area (Å²) >= 11 is 5.99. The van der Waals surface area contributed by atoms with Crippen LogP contribution in [0.3, 0.4) is 0 Å². The molecule has 0 heterocycles. The summed E-state index contributed by atoms with van der Waals surface area (Å²) in [7, 11) is 0. The summed E-state index contributed by atoms with van der Waals surface area (Å²) in [4.78, 5) is 0. The third-order valence-corrected chi connectivity index (χ3v) is 3.73. The summed E-state index contributed by atoms with van der Waals surface area (Å²) in [5.41, 5.74) is 0.796. The average Bonchev–Trinajstić information content (AvgIpc) is 2.45. The highest BCUT2D eigenvalue weighted by Gasteiger charge is 2.31. The molecule has 0 aliphatic rings. The van der Waals surface area contributed by atoms with E-state index in [0.29, 0.717) is 11.4 Å². The second-order valence-electron chi connectivity index (χ2n) is 4.95. The highest BCUT2D eigenvalue weighted by molar-refractivity contribution is 6.30. The number of phenolic OH excluding ortho intramolecular Hbond substituents is 1. The van der Waals surface area contributed by atoms with Crippen molar-refractivity contribution >= 4 is 11.6 Å². The maximum Gasteiger partial charge on any atom is 0.115 e. The lowest BCUT2D eigenvalue weighted by molar-refractivity contribution is 0.116. The van der Waals surface area contributed by atoms with Gasteiger partial charge in [-0.15, -0.1) is 0 Å². The van der Waals surface area contributed by atoms with Crippen molar-refractivity contribution in [1.82, 2.24) is 0 Å². The van der Waals surface area contributed by atoms with Crippen molar-refractivity contribution in [1.29, 1.82) is 0 Å². The Balaban J connectivity index is 2.39. The smallest absolute Gasteiger partial charge is 0.115 e. The van der Waals surface area contributed by atoms with Gasteiger partial charge in [0.25, 0.3) is 0 Å². The highest BCUT2D eigenvalue weighted by atomic mass is 35.5. The van der Waals surface area contributed by atoms with Gasteiger partial charge < -0.3 is 15.3 Å². The van der Waals surface area contributed by atoms with Crippen LogP contribution in [0.2, 0.25) is 5.02 Å². The van der Waals surface area contributed by atoms with Crippen LogP contribution in [0.15, 0.2) is 48.5 Å². The van der Waals surface area contributed by atoms with Crippen molar-refractivity contribution in [2.24, 2.45) is 0 Å². The lowest BCUT2D eigenvalue weighted by Gasteiger charge is -2.30. The second-order valence-corrected chi connectivity index (χ2v) is 5.39. The summed E-state index contributed by atoms with van der Waals surface area (Å²) in [6.45, 7) is -0.418. The van der Waals surface area contributed by atoms with Crippen molar-refractivity contribution in [3.8, 4) is 5.75 Å². The Morgan fingerprint density at radius 3 is 2.25 bits per heavy atom. The molecule has 106 valence electrons. The zero-order valence-corrected chi connectivity index (χ0v) is 11.7. The fourth-order valence-corrected chi connectivity index (χ4v) is 2.51. The Kier molecular flexibility index (Phi) is 4.65. The van der Waals surface area contributed by atoms with Crippen LogP contribution >= 0.6 is 11.6 Å². The molecular formula is C16H17ClO3. The molecule has 0 fully saturated rings. The standard InChI is InChI=1S/C16H17ClO3/c17-14-5-2-4-13(8-14)16(10-18,11-19)9-12-3-1-6-15(20)7-12/h1-8,18-20H,9-11H2. The molecule has 0 amide bonds. The number of aliphatic hydroxyl groups excluding tert-OH is 2.